The second kappa shape index (κ2) is 9.40. The van der Waals surface area contributed by atoms with Gasteiger partial charge in [-0.1, -0.05) is 48.0 Å². The summed E-state index contributed by atoms with van der Waals surface area (Å²) in [6.07, 6.45) is 3.83. The Kier molecular flexibility index (Phi) is 6.42. The molecule has 0 N–H and O–H groups in total. The summed E-state index contributed by atoms with van der Waals surface area (Å²) in [4.78, 5) is 26.4. The van der Waals surface area contributed by atoms with Crippen LogP contribution in [0.3, 0.4) is 0 Å². The maximum Gasteiger partial charge on any atom is 0.331 e. The van der Waals surface area contributed by atoms with E-state index < -0.39 is 5.97 Å². The van der Waals surface area contributed by atoms with Crippen LogP contribution in [0.1, 0.15) is 28.1 Å². The fourth-order valence-electron chi connectivity index (χ4n) is 3.90. The van der Waals surface area contributed by atoms with Gasteiger partial charge < -0.3 is 9.64 Å². The van der Waals surface area contributed by atoms with E-state index in [2.05, 4.69) is 5.10 Å². The maximum atomic E-state index is 12.5. The van der Waals surface area contributed by atoms with Crippen LogP contribution in [-0.2, 0) is 27.3 Å². The third kappa shape index (κ3) is 4.60. The maximum absolute atomic E-state index is 12.5. The molecule has 2 heterocycles. The zero-order chi connectivity index (χ0) is 22.7. The summed E-state index contributed by atoms with van der Waals surface area (Å²) in [5.41, 5.74) is 5.54. The van der Waals surface area contributed by atoms with Gasteiger partial charge in [-0.25, -0.2) is 4.79 Å². The number of hydrogen-bond donors (Lipinski definition) is 0. The molecule has 3 aromatic rings. The highest BCUT2D eigenvalue weighted by atomic mass is 35.5. The first-order valence-electron chi connectivity index (χ1n) is 10.4. The number of nitrogens with zero attached hydrogens (tertiary/aromatic N) is 3. The highest BCUT2D eigenvalue weighted by molar-refractivity contribution is 6.31. The van der Waals surface area contributed by atoms with Crippen molar-refractivity contribution in [1.82, 2.24) is 9.78 Å². The summed E-state index contributed by atoms with van der Waals surface area (Å²) in [7, 11) is 0. The van der Waals surface area contributed by atoms with Gasteiger partial charge in [0, 0.05) is 34.6 Å². The number of halogens is 1. The van der Waals surface area contributed by atoms with Crippen molar-refractivity contribution in [3.63, 3.8) is 0 Å². The van der Waals surface area contributed by atoms with Crippen LogP contribution in [0.15, 0.2) is 54.6 Å². The zero-order valence-electron chi connectivity index (χ0n) is 18.0. The zero-order valence-corrected chi connectivity index (χ0v) is 18.8. The predicted molar refractivity (Wildman–Crippen MR) is 125 cm³/mol. The molecule has 2 aromatic carbocycles. The standard InChI is InChI=1S/C25H24ClN3O3/c1-17-21(18(2)29(27-17)15-20-8-3-5-9-22(20)26)11-12-25(31)32-16-24(30)28-14-13-19-7-4-6-10-23(19)28/h3-12H,13-16H2,1-2H3/b12-11+. The smallest absolute Gasteiger partial charge is 0.331 e. The molecule has 6 nitrogen and oxygen atoms in total. The number of anilines is 1. The van der Waals surface area contributed by atoms with E-state index in [4.69, 9.17) is 16.3 Å². The molecule has 32 heavy (non-hydrogen) atoms. The van der Waals surface area contributed by atoms with E-state index in [1.807, 2.05) is 67.1 Å². The molecule has 0 saturated heterocycles. The molecule has 0 bridgehead atoms. The van der Waals surface area contributed by atoms with Crippen molar-refractivity contribution >= 4 is 35.2 Å². The average molecular weight is 450 g/mol. The van der Waals surface area contributed by atoms with Crippen molar-refractivity contribution in [3.8, 4) is 0 Å². The molecule has 0 aliphatic carbocycles. The predicted octanol–water partition coefficient (Wildman–Crippen LogP) is 4.35. The summed E-state index contributed by atoms with van der Waals surface area (Å²) >= 11 is 6.26. The number of carbonyl (C=O) groups is 2. The lowest BCUT2D eigenvalue weighted by Crippen LogP contribution is -2.33. The molecule has 164 valence electrons. The van der Waals surface area contributed by atoms with Crippen LogP contribution in [0.4, 0.5) is 5.69 Å². The topological polar surface area (TPSA) is 64.4 Å². The molecule has 1 aliphatic rings. The average Bonchev–Trinajstić information content (AvgIpc) is 3.33. The Morgan fingerprint density at radius 1 is 1.12 bits per heavy atom. The number of benzene rings is 2. The Bertz CT molecular complexity index is 1200. The molecule has 1 aromatic heterocycles. The van der Waals surface area contributed by atoms with E-state index in [-0.39, 0.29) is 12.5 Å². The van der Waals surface area contributed by atoms with Crippen LogP contribution in [0.5, 0.6) is 0 Å². The van der Waals surface area contributed by atoms with E-state index in [1.165, 1.54) is 6.08 Å². The van der Waals surface area contributed by atoms with Crippen molar-refractivity contribution in [2.24, 2.45) is 0 Å². The first kappa shape index (κ1) is 21.8. The van der Waals surface area contributed by atoms with Gasteiger partial charge in [-0.05, 0) is 49.6 Å². The van der Waals surface area contributed by atoms with Crippen LogP contribution >= 0.6 is 11.6 Å². The lowest BCUT2D eigenvalue weighted by atomic mass is 10.1. The molecule has 7 heteroatoms. The number of aromatic nitrogens is 2. The van der Waals surface area contributed by atoms with Crippen molar-refractivity contribution in [1.29, 1.82) is 0 Å². The molecule has 1 amide bonds. The van der Waals surface area contributed by atoms with Crippen molar-refractivity contribution in [2.45, 2.75) is 26.8 Å². The summed E-state index contributed by atoms with van der Waals surface area (Å²) in [6.45, 7) is 4.68. The Hall–Kier alpha value is -3.38. The van der Waals surface area contributed by atoms with E-state index in [0.717, 1.165) is 40.2 Å². The number of rotatable bonds is 6. The molecule has 4 rings (SSSR count). The molecule has 0 fully saturated rings. The fourth-order valence-corrected chi connectivity index (χ4v) is 4.10. The largest absolute Gasteiger partial charge is 0.452 e. The SMILES string of the molecule is Cc1nn(Cc2ccccc2Cl)c(C)c1/C=C/C(=O)OCC(=O)N1CCc2ccccc21. The lowest BCUT2D eigenvalue weighted by molar-refractivity contribution is -0.142. The normalized spacial score (nSPS) is 12.9. The first-order valence-corrected chi connectivity index (χ1v) is 10.8. The number of hydrogen-bond acceptors (Lipinski definition) is 4. The van der Waals surface area contributed by atoms with E-state index >= 15 is 0 Å². The number of esters is 1. The van der Waals surface area contributed by atoms with Gasteiger partial charge in [0.25, 0.3) is 5.91 Å². The quantitative estimate of drug-likeness (QED) is 0.414. The molecule has 0 saturated carbocycles. The molecule has 0 unspecified atom stereocenters. The molecule has 0 atom stereocenters. The Labute approximate surface area is 192 Å². The van der Waals surface area contributed by atoms with Crippen molar-refractivity contribution in [2.75, 3.05) is 18.1 Å². The van der Waals surface area contributed by atoms with Gasteiger partial charge >= 0.3 is 5.97 Å². The van der Waals surface area contributed by atoms with Gasteiger partial charge in [0.2, 0.25) is 0 Å². The summed E-state index contributed by atoms with van der Waals surface area (Å²) < 4.78 is 7.05. The number of amides is 1. The van der Waals surface area contributed by atoms with E-state index in [1.54, 1.807) is 11.0 Å². The highest BCUT2D eigenvalue weighted by Crippen LogP contribution is 2.27. The van der Waals surface area contributed by atoms with Gasteiger partial charge in [0.15, 0.2) is 6.61 Å². The van der Waals surface area contributed by atoms with Gasteiger partial charge in [-0.3, -0.25) is 9.48 Å². The molecular weight excluding hydrogens is 426 g/mol. The Balaban J connectivity index is 1.37. The van der Waals surface area contributed by atoms with Crippen molar-refractivity contribution < 1.29 is 14.3 Å². The second-order valence-corrected chi connectivity index (χ2v) is 8.11. The third-order valence-electron chi connectivity index (χ3n) is 5.63. The van der Waals surface area contributed by atoms with Crippen LogP contribution in [-0.4, -0.2) is 34.8 Å². The van der Waals surface area contributed by atoms with Gasteiger partial charge in [0.1, 0.15) is 0 Å². The van der Waals surface area contributed by atoms with Crippen molar-refractivity contribution in [3.05, 3.63) is 87.7 Å². The van der Waals surface area contributed by atoms with E-state index in [9.17, 15) is 9.59 Å². The second-order valence-electron chi connectivity index (χ2n) is 7.70. The number of fused-ring (bicyclic) bond motifs is 1. The summed E-state index contributed by atoms with van der Waals surface area (Å²) in [5, 5.41) is 5.25. The number of carbonyl (C=O) groups excluding carboxylic acids is 2. The lowest BCUT2D eigenvalue weighted by Gasteiger charge is -2.16. The molecular formula is C25H24ClN3O3. The van der Waals surface area contributed by atoms with Gasteiger partial charge in [-0.15, -0.1) is 0 Å². The van der Waals surface area contributed by atoms with Crippen LogP contribution in [0.2, 0.25) is 5.02 Å². The van der Waals surface area contributed by atoms with Gasteiger partial charge in [-0.2, -0.15) is 5.10 Å². The summed E-state index contributed by atoms with van der Waals surface area (Å²) in [6, 6.07) is 15.4. The van der Waals surface area contributed by atoms with Gasteiger partial charge in [0.05, 0.1) is 12.2 Å². The Morgan fingerprint density at radius 3 is 2.69 bits per heavy atom. The number of ether oxygens (including phenoxy) is 1. The fraction of sp³-hybridized carbons (Fsp3) is 0.240. The van der Waals surface area contributed by atoms with Crippen LogP contribution < -0.4 is 4.90 Å². The minimum absolute atomic E-state index is 0.225. The number of aryl methyl sites for hydroxylation is 1. The molecule has 0 radical (unpaired) electrons. The summed E-state index contributed by atoms with van der Waals surface area (Å²) in [5.74, 6) is -0.792. The Morgan fingerprint density at radius 2 is 1.88 bits per heavy atom. The minimum atomic E-state index is -0.566. The third-order valence-corrected chi connectivity index (χ3v) is 6.00. The molecule has 1 aliphatic heterocycles. The number of para-hydroxylation sites is 1. The highest BCUT2D eigenvalue weighted by Gasteiger charge is 2.24. The van der Waals surface area contributed by atoms with Crippen LogP contribution in [0.25, 0.3) is 6.08 Å². The molecule has 0 spiro atoms. The minimum Gasteiger partial charge on any atom is -0.452 e. The van der Waals surface area contributed by atoms with Crippen LogP contribution in [0, 0.1) is 13.8 Å². The first-order chi connectivity index (χ1) is 15.4. The van der Waals surface area contributed by atoms with E-state index in [0.29, 0.717) is 18.1 Å². The monoisotopic (exact) mass is 449 g/mol.